The topological polar surface area (TPSA) is 62.6 Å². The van der Waals surface area contributed by atoms with Crippen LogP contribution < -0.4 is 5.32 Å². The third-order valence-electron chi connectivity index (χ3n) is 4.02. The lowest BCUT2D eigenvalue weighted by molar-refractivity contribution is -0.152. The second-order valence-electron chi connectivity index (χ2n) is 5.65. The van der Waals surface area contributed by atoms with Gasteiger partial charge in [0.2, 0.25) is 11.8 Å². The van der Waals surface area contributed by atoms with Gasteiger partial charge in [0.05, 0.1) is 6.26 Å². The molecule has 0 bridgehead atoms. The van der Waals surface area contributed by atoms with Crippen LogP contribution in [0.2, 0.25) is 0 Å². The van der Waals surface area contributed by atoms with Crippen LogP contribution in [0.25, 0.3) is 0 Å². The van der Waals surface area contributed by atoms with Crippen LogP contribution in [0, 0.1) is 0 Å². The molecule has 0 radical (unpaired) electrons. The Kier molecular flexibility index (Phi) is 5.04. The van der Waals surface area contributed by atoms with Gasteiger partial charge >= 0.3 is 0 Å². The molecule has 2 heterocycles. The third kappa shape index (κ3) is 3.28. The average Bonchev–Trinajstić information content (AvgIpc) is 2.95. The molecule has 1 aromatic rings. The summed E-state index contributed by atoms with van der Waals surface area (Å²) in [5.41, 5.74) is 0. The highest BCUT2D eigenvalue weighted by Gasteiger charge is 2.41. The molecular weight excluding hydrogens is 268 g/mol. The number of piperazine rings is 1. The van der Waals surface area contributed by atoms with Gasteiger partial charge < -0.3 is 14.6 Å². The molecule has 0 aliphatic carbocycles. The monoisotopic (exact) mass is 292 g/mol. The smallest absolute Gasteiger partial charge is 0.246 e. The molecule has 0 spiro atoms. The van der Waals surface area contributed by atoms with Crippen molar-refractivity contribution < 1.29 is 14.0 Å². The molecule has 0 saturated carbocycles. The van der Waals surface area contributed by atoms with Gasteiger partial charge in [0, 0.05) is 12.5 Å². The van der Waals surface area contributed by atoms with Crippen molar-refractivity contribution in [1.82, 2.24) is 10.2 Å². The van der Waals surface area contributed by atoms with E-state index in [4.69, 9.17) is 4.42 Å². The van der Waals surface area contributed by atoms with E-state index in [0.717, 1.165) is 12.2 Å². The minimum atomic E-state index is -0.385. The molecule has 0 aromatic carbocycles. The molecule has 1 fully saturated rings. The van der Waals surface area contributed by atoms with Crippen molar-refractivity contribution in [3.8, 4) is 0 Å². The number of hydrogen-bond acceptors (Lipinski definition) is 3. The van der Waals surface area contributed by atoms with E-state index in [1.807, 2.05) is 32.9 Å². The van der Waals surface area contributed by atoms with Gasteiger partial charge in [0.1, 0.15) is 17.8 Å². The summed E-state index contributed by atoms with van der Waals surface area (Å²) >= 11 is 0. The summed E-state index contributed by atoms with van der Waals surface area (Å²) in [5.74, 6) is 0.826. The fraction of sp³-hybridized carbons (Fsp3) is 0.625. The van der Waals surface area contributed by atoms with Gasteiger partial charge in [0.15, 0.2) is 0 Å². The fourth-order valence-electron chi connectivity index (χ4n) is 3.00. The van der Waals surface area contributed by atoms with Gasteiger partial charge in [-0.05, 0) is 31.9 Å². The summed E-state index contributed by atoms with van der Waals surface area (Å²) in [4.78, 5) is 26.7. The molecule has 1 aromatic heterocycles. The van der Waals surface area contributed by atoms with Crippen LogP contribution >= 0.6 is 0 Å². The Morgan fingerprint density at radius 2 is 2.14 bits per heavy atom. The van der Waals surface area contributed by atoms with Gasteiger partial charge in [-0.2, -0.15) is 0 Å². The molecule has 116 valence electrons. The standard InChI is InChI=1S/C16H24N2O3/c1-4-7-13-16(20)18(14(5-2)15(19)17-13)11(3)10-12-8-6-9-21-12/h6,8-9,11,13-14H,4-5,7,10H2,1-3H3,(H,17,19). The van der Waals surface area contributed by atoms with E-state index in [1.54, 1.807) is 11.2 Å². The summed E-state index contributed by atoms with van der Waals surface area (Å²) in [6.07, 6.45) is 4.43. The molecular formula is C16H24N2O3. The predicted molar refractivity (Wildman–Crippen MR) is 79.6 cm³/mol. The maximum Gasteiger partial charge on any atom is 0.246 e. The molecule has 5 nitrogen and oxygen atoms in total. The number of rotatable bonds is 6. The second-order valence-corrected chi connectivity index (χ2v) is 5.65. The van der Waals surface area contributed by atoms with E-state index in [9.17, 15) is 9.59 Å². The van der Waals surface area contributed by atoms with Crippen LogP contribution in [0.5, 0.6) is 0 Å². The minimum Gasteiger partial charge on any atom is -0.469 e. The molecule has 5 heteroatoms. The molecule has 1 saturated heterocycles. The quantitative estimate of drug-likeness (QED) is 0.873. The van der Waals surface area contributed by atoms with Crippen molar-refractivity contribution >= 4 is 11.8 Å². The van der Waals surface area contributed by atoms with Crippen molar-refractivity contribution in [1.29, 1.82) is 0 Å². The van der Waals surface area contributed by atoms with Gasteiger partial charge in [0.25, 0.3) is 0 Å². The van der Waals surface area contributed by atoms with Gasteiger partial charge in [-0.1, -0.05) is 20.3 Å². The number of nitrogens with one attached hydrogen (secondary N) is 1. The summed E-state index contributed by atoms with van der Waals surface area (Å²) in [6.45, 7) is 5.93. The summed E-state index contributed by atoms with van der Waals surface area (Å²) in [5, 5.41) is 2.86. The Hall–Kier alpha value is -1.78. The molecule has 3 atom stereocenters. The van der Waals surface area contributed by atoms with Crippen LogP contribution in [0.15, 0.2) is 22.8 Å². The number of nitrogens with zero attached hydrogens (tertiary/aromatic N) is 1. The highest BCUT2D eigenvalue weighted by Crippen LogP contribution is 2.21. The van der Waals surface area contributed by atoms with Gasteiger partial charge in [-0.15, -0.1) is 0 Å². The van der Waals surface area contributed by atoms with E-state index < -0.39 is 0 Å². The molecule has 1 aliphatic heterocycles. The summed E-state index contributed by atoms with van der Waals surface area (Å²) in [6, 6.07) is 2.92. The number of hydrogen-bond donors (Lipinski definition) is 1. The normalized spacial score (nSPS) is 24.0. The SMILES string of the molecule is CCCC1NC(=O)C(CC)N(C(C)Cc2ccco2)C1=O. The first-order valence-corrected chi connectivity index (χ1v) is 7.73. The van der Waals surface area contributed by atoms with Crippen molar-refractivity contribution in [2.75, 3.05) is 0 Å². The predicted octanol–water partition coefficient (Wildman–Crippen LogP) is 2.12. The molecule has 21 heavy (non-hydrogen) atoms. The number of carbonyl (C=O) groups excluding carboxylic acids is 2. The maximum atomic E-state index is 12.7. The Morgan fingerprint density at radius 3 is 2.71 bits per heavy atom. The van der Waals surface area contributed by atoms with Crippen molar-refractivity contribution in [3.63, 3.8) is 0 Å². The maximum absolute atomic E-state index is 12.7. The Bertz CT molecular complexity index is 484. The van der Waals surface area contributed by atoms with Crippen LogP contribution in [-0.2, 0) is 16.0 Å². The summed E-state index contributed by atoms with van der Waals surface area (Å²) < 4.78 is 5.36. The van der Waals surface area contributed by atoms with E-state index in [-0.39, 0.29) is 29.9 Å². The van der Waals surface area contributed by atoms with Crippen LogP contribution in [0.1, 0.15) is 45.8 Å². The zero-order valence-corrected chi connectivity index (χ0v) is 13.0. The van der Waals surface area contributed by atoms with E-state index >= 15 is 0 Å². The number of carbonyl (C=O) groups is 2. The zero-order valence-electron chi connectivity index (χ0n) is 13.0. The number of amides is 2. The Balaban J connectivity index is 2.18. The van der Waals surface area contributed by atoms with E-state index in [2.05, 4.69) is 5.32 Å². The summed E-state index contributed by atoms with van der Waals surface area (Å²) in [7, 11) is 0. The molecule has 2 rings (SSSR count). The molecule has 1 aliphatic rings. The fourth-order valence-corrected chi connectivity index (χ4v) is 3.00. The Labute approximate surface area is 125 Å². The Morgan fingerprint density at radius 1 is 1.38 bits per heavy atom. The van der Waals surface area contributed by atoms with E-state index in [0.29, 0.717) is 19.3 Å². The number of furan rings is 1. The van der Waals surface area contributed by atoms with Crippen molar-refractivity contribution in [3.05, 3.63) is 24.2 Å². The van der Waals surface area contributed by atoms with Gasteiger partial charge in [-0.25, -0.2) is 0 Å². The van der Waals surface area contributed by atoms with Crippen molar-refractivity contribution in [2.45, 2.75) is 64.6 Å². The highest BCUT2D eigenvalue weighted by molar-refractivity contribution is 5.97. The second kappa shape index (κ2) is 6.78. The van der Waals surface area contributed by atoms with Crippen LogP contribution in [-0.4, -0.2) is 34.8 Å². The highest BCUT2D eigenvalue weighted by atomic mass is 16.3. The lowest BCUT2D eigenvalue weighted by atomic mass is 9.98. The lowest BCUT2D eigenvalue weighted by Crippen LogP contribution is -2.65. The molecule has 1 N–H and O–H groups in total. The molecule has 2 amide bonds. The minimum absolute atomic E-state index is 0.0300. The van der Waals surface area contributed by atoms with Crippen LogP contribution in [0.3, 0.4) is 0 Å². The van der Waals surface area contributed by atoms with Crippen LogP contribution in [0.4, 0.5) is 0 Å². The van der Waals surface area contributed by atoms with Gasteiger partial charge in [-0.3, -0.25) is 9.59 Å². The average molecular weight is 292 g/mol. The van der Waals surface area contributed by atoms with Crippen molar-refractivity contribution in [2.24, 2.45) is 0 Å². The first-order chi connectivity index (χ1) is 10.1. The molecule has 3 unspecified atom stereocenters. The van der Waals surface area contributed by atoms with E-state index in [1.165, 1.54) is 0 Å². The largest absolute Gasteiger partial charge is 0.469 e. The zero-order chi connectivity index (χ0) is 15.4. The lowest BCUT2D eigenvalue weighted by Gasteiger charge is -2.42. The third-order valence-corrected chi connectivity index (χ3v) is 4.02. The first-order valence-electron chi connectivity index (χ1n) is 7.73. The first kappa shape index (κ1) is 15.6.